The number of hydrogen-bond acceptors (Lipinski definition) is 6. The lowest BCUT2D eigenvalue weighted by Crippen LogP contribution is -2.26. The van der Waals surface area contributed by atoms with E-state index in [9.17, 15) is 14.9 Å². The third kappa shape index (κ3) is 2.21. The molecule has 1 aromatic heterocycles. The van der Waals surface area contributed by atoms with E-state index in [2.05, 4.69) is 5.10 Å². The summed E-state index contributed by atoms with van der Waals surface area (Å²) in [7, 11) is 3.03. The summed E-state index contributed by atoms with van der Waals surface area (Å²) < 4.78 is 6.28. The molecule has 0 aromatic carbocycles. The molecule has 1 fully saturated rings. The second kappa shape index (κ2) is 5.10. The van der Waals surface area contributed by atoms with Gasteiger partial charge in [-0.25, -0.2) is 4.68 Å². The van der Waals surface area contributed by atoms with Gasteiger partial charge in [0.2, 0.25) is 5.82 Å². The fourth-order valence-electron chi connectivity index (χ4n) is 2.80. The van der Waals surface area contributed by atoms with Crippen LogP contribution < -0.4 is 4.90 Å². The number of carbonyl (C=O) groups excluding carboxylic acids is 1. The molecule has 0 bridgehead atoms. The average Bonchev–Trinajstić information content (AvgIpc) is 2.88. The Morgan fingerprint density at radius 2 is 2.15 bits per heavy atom. The number of esters is 1. The van der Waals surface area contributed by atoms with Crippen molar-refractivity contribution in [1.29, 1.82) is 0 Å². The van der Waals surface area contributed by atoms with Crippen LogP contribution in [0, 0.1) is 28.9 Å². The van der Waals surface area contributed by atoms with Gasteiger partial charge in [0.15, 0.2) is 0 Å². The molecule has 1 saturated heterocycles. The predicted molar refractivity (Wildman–Crippen MR) is 71.5 cm³/mol. The van der Waals surface area contributed by atoms with Crippen molar-refractivity contribution in [2.24, 2.45) is 18.9 Å². The molecule has 1 aromatic rings. The minimum atomic E-state index is -0.423. The zero-order chi connectivity index (χ0) is 15.0. The molecule has 110 valence electrons. The number of anilines is 1. The van der Waals surface area contributed by atoms with Crippen molar-refractivity contribution in [2.75, 3.05) is 25.1 Å². The van der Waals surface area contributed by atoms with Gasteiger partial charge >= 0.3 is 11.7 Å². The van der Waals surface area contributed by atoms with Crippen molar-refractivity contribution in [2.45, 2.75) is 13.8 Å². The molecule has 0 N–H and O–H groups in total. The highest BCUT2D eigenvalue weighted by Gasteiger charge is 2.40. The maximum absolute atomic E-state index is 11.7. The van der Waals surface area contributed by atoms with Gasteiger partial charge in [-0.05, 0) is 12.8 Å². The maximum Gasteiger partial charge on any atom is 0.333 e. The Bertz CT molecular complexity index is 554. The molecule has 2 atom stereocenters. The van der Waals surface area contributed by atoms with Gasteiger partial charge in [0.1, 0.15) is 5.69 Å². The van der Waals surface area contributed by atoms with Gasteiger partial charge in [-0.2, -0.15) is 5.10 Å². The Labute approximate surface area is 116 Å². The predicted octanol–water partition coefficient (Wildman–Crippen LogP) is 0.882. The van der Waals surface area contributed by atoms with Crippen LogP contribution in [0.2, 0.25) is 0 Å². The molecular formula is C12H18N4O4. The highest BCUT2D eigenvalue weighted by molar-refractivity contribution is 5.75. The van der Waals surface area contributed by atoms with Crippen LogP contribution in [-0.4, -0.2) is 40.9 Å². The van der Waals surface area contributed by atoms with Crippen LogP contribution in [0.5, 0.6) is 0 Å². The second-order valence-corrected chi connectivity index (χ2v) is 5.15. The van der Waals surface area contributed by atoms with Crippen LogP contribution in [0.25, 0.3) is 0 Å². The number of nitrogens with zero attached hydrogens (tertiary/aromatic N) is 4. The van der Waals surface area contributed by atoms with E-state index in [-0.39, 0.29) is 23.5 Å². The van der Waals surface area contributed by atoms with Gasteiger partial charge < -0.3 is 9.64 Å². The van der Waals surface area contributed by atoms with Crippen LogP contribution in [0.15, 0.2) is 0 Å². The second-order valence-electron chi connectivity index (χ2n) is 5.15. The number of rotatable bonds is 3. The van der Waals surface area contributed by atoms with E-state index in [0.717, 1.165) is 0 Å². The van der Waals surface area contributed by atoms with Crippen LogP contribution in [0.1, 0.15) is 12.6 Å². The van der Waals surface area contributed by atoms with E-state index in [0.29, 0.717) is 24.6 Å². The van der Waals surface area contributed by atoms with Crippen LogP contribution in [0.3, 0.4) is 0 Å². The molecule has 2 unspecified atom stereocenters. The summed E-state index contributed by atoms with van der Waals surface area (Å²) in [4.78, 5) is 24.3. The minimum Gasteiger partial charge on any atom is -0.469 e. The van der Waals surface area contributed by atoms with Crippen LogP contribution in [0.4, 0.5) is 11.5 Å². The molecule has 0 amide bonds. The highest BCUT2D eigenvalue weighted by Crippen LogP contribution is 2.36. The zero-order valence-corrected chi connectivity index (χ0v) is 12.0. The molecule has 0 radical (unpaired) electrons. The molecule has 0 saturated carbocycles. The highest BCUT2D eigenvalue weighted by atomic mass is 16.6. The molecule has 1 aliphatic heterocycles. The Morgan fingerprint density at radius 1 is 1.50 bits per heavy atom. The number of nitro groups is 1. The number of hydrogen-bond donors (Lipinski definition) is 0. The summed E-state index contributed by atoms with van der Waals surface area (Å²) in [6, 6.07) is 0. The summed E-state index contributed by atoms with van der Waals surface area (Å²) in [5.74, 6) is -0.0145. The van der Waals surface area contributed by atoms with E-state index in [1.165, 1.54) is 11.8 Å². The van der Waals surface area contributed by atoms with Crippen molar-refractivity contribution >= 4 is 17.5 Å². The van der Waals surface area contributed by atoms with Gasteiger partial charge in [0, 0.05) is 20.1 Å². The molecule has 0 spiro atoms. The smallest absolute Gasteiger partial charge is 0.333 e. The molecule has 8 nitrogen and oxygen atoms in total. The molecule has 1 aliphatic rings. The van der Waals surface area contributed by atoms with Crippen molar-refractivity contribution < 1.29 is 14.5 Å². The number of aryl methyl sites for hydroxylation is 2. The third-order valence-corrected chi connectivity index (χ3v) is 3.76. The lowest BCUT2D eigenvalue weighted by molar-refractivity contribution is -0.384. The van der Waals surface area contributed by atoms with E-state index in [1.54, 1.807) is 14.0 Å². The van der Waals surface area contributed by atoms with Crippen LogP contribution in [-0.2, 0) is 16.6 Å². The lowest BCUT2D eigenvalue weighted by atomic mass is 9.99. The van der Waals surface area contributed by atoms with E-state index < -0.39 is 4.92 Å². The van der Waals surface area contributed by atoms with Crippen molar-refractivity contribution in [3.05, 3.63) is 15.8 Å². The molecule has 2 rings (SSSR count). The minimum absolute atomic E-state index is 0.00483. The standard InChI is InChI=1S/C12H18N4O4/c1-7-5-15(6-9(7)12(17)20-4)11-10(16(18)19)8(2)13-14(11)3/h7,9H,5-6H2,1-4H3. The number of carbonyl (C=O) groups is 1. The van der Waals surface area contributed by atoms with Gasteiger partial charge in [-0.3, -0.25) is 14.9 Å². The van der Waals surface area contributed by atoms with Gasteiger partial charge in [-0.15, -0.1) is 0 Å². The molecular weight excluding hydrogens is 264 g/mol. The van der Waals surface area contributed by atoms with Crippen LogP contribution >= 0.6 is 0 Å². The number of methoxy groups -OCH3 is 1. The summed E-state index contributed by atoms with van der Waals surface area (Å²) in [5.41, 5.74) is 0.381. The molecule has 8 heteroatoms. The fourth-order valence-corrected chi connectivity index (χ4v) is 2.80. The first-order valence-corrected chi connectivity index (χ1v) is 6.37. The van der Waals surface area contributed by atoms with Crippen molar-refractivity contribution in [3.8, 4) is 0 Å². The van der Waals surface area contributed by atoms with Crippen molar-refractivity contribution in [3.63, 3.8) is 0 Å². The number of ether oxygens (including phenoxy) is 1. The zero-order valence-electron chi connectivity index (χ0n) is 12.0. The molecule has 0 aliphatic carbocycles. The Kier molecular flexibility index (Phi) is 3.65. The Balaban J connectivity index is 2.35. The van der Waals surface area contributed by atoms with Gasteiger partial charge in [0.05, 0.1) is 18.0 Å². The normalized spacial score (nSPS) is 22.1. The van der Waals surface area contributed by atoms with E-state index in [4.69, 9.17) is 4.74 Å². The fraction of sp³-hybridized carbons (Fsp3) is 0.667. The lowest BCUT2D eigenvalue weighted by Gasteiger charge is -2.17. The first-order valence-electron chi connectivity index (χ1n) is 6.37. The average molecular weight is 282 g/mol. The third-order valence-electron chi connectivity index (χ3n) is 3.76. The summed E-state index contributed by atoms with van der Waals surface area (Å²) in [6.45, 7) is 4.53. The van der Waals surface area contributed by atoms with Crippen molar-refractivity contribution in [1.82, 2.24) is 9.78 Å². The largest absolute Gasteiger partial charge is 0.469 e. The van der Waals surface area contributed by atoms with Gasteiger partial charge in [-0.1, -0.05) is 6.92 Å². The quantitative estimate of drug-likeness (QED) is 0.464. The van der Waals surface area contributed by atoms with E-state index >= 15 is 0 Å². The molecule has 20 heavy (non-hydrogen) atoms. The Hall–Kier alpha value is -2.12. The summed E-state index contributed by atoms with van der Waals surface area (Å²) in [5, 5.41) is 15.3. The first-order chi connectivity index (χ1) is 9.36. The Morgan fingerprint density at radius 3 is 2.70 bits per heavy atom. The first kappa shape index (κ1) is 14.3. The van der Waals surface area contributed by atoms with E-state index in [1.807, 2.05) is 11.8 Å². The van der Waals surface area contributed by atoms with Gasteiger partial charge in [0.25, 0.3) is 0 Å². The maximum atomic E-state index is 11.7. The summed E-state index contributed by atoms with van der Waals surface area (Å²) in [6.07, 6.45) is 0. The summed E-state index contributed by atoms with van der Waals surface area (Å²) >= 11 is 0. The molecule has 2 heterocycles. The monoisotopic (exact) mass is 282 g/mol. The SMILES string of the molecule is COC(=O)C1CN(c2c([N+](=O)[O-])c(C)nn2C)CC1C. The number of aromatic nitrogens is 2. The topological polar surface area (TPSA) is 90.5 Å².